The number of aliphatic imine (C=N–C) groups is 1. The smallest absolute Gasteiger partial charge is 0.191 e. The number of nitrogens with zero attached hydrogens (tertiary/aromatic N) is 4. The Bertz CT molecular complexity index is 932. The Morgan fingerprint density at radius 2 is 1.97 bits per heavy atom. The summed E-state index contributed by atoms with van der Waals surface area (Å²) in [7, 11) is 1.71. The maximum absolute atomic E-state index is 13.6. The monoisotopic (exact) mass is 512 g/mol. The second-order valence-corrected chi connectivity index (χ2v) is 6.39. The van der Waals surface area contributed by atoms with Crippen LogP contribution in [-0.4, -0.2) is 46.8 Å². The highest BCUT2D eigenvalue weighted by molar-refractivity contribution is 14.0. The van der Waals surface area contributed by atoms with Crippen molar-refractivity contribution in [1.29, 1.82) is 0 Å². The van der Waals surface area contributed by atoms with Crippen molar-refractivity contribution in [2.45, 2.75) is 25.9 Å². The summed E-state index contributed by atoms with van der Waals surface area (Å²) in [6.45, 7) is 3.12. The number of halogens is 2. The van der Waals surface area contributed by atoms with Gasteiger partial charge in [-0.05, 0) is 37.6 Å². The van der Waals surface area contributed by atoms with Crippen molar-refractivity contribution in [3.05, 3.63) is 60.3 Å². The van der Waals surface area contributed by atoms with Crippen LogP contribution < -0.4 is 15.4 Å². The summed E-state index contributed by atoms with van der Waals surface area (Å²) >= 11 is 0. The van der Waals surface area contributed by atoms with Crippen LogP contribution >= 0.6 is 24.0 Å². The van der Waals surface area contributed by atoms with Crippen LogP contribution in [0.15, 0.2) is 53.7 Å². The van der Waals surface area contributed by atoms with Gasteiger partial charge in [0.2, 0.25) is 0 Å². The highest BCUT2D eigenvalue weighted by atomic mass is 127. The van der Waals surface area contributed by atoms with E-state index in [4.69, 9.17) is 4.74 Å². The van der Waals surface area contributed by atoms with Crippen LogP contribution in [0.25, 0.3) is 5.65 Å². The van der Waals surface area contributed by atoms with E-state index in [1.54, 1.807) is 25.2 Å². The molecule has 2 aromatic heterocycles. The van der Waals surface area contributed by atoms with Gasteiger partial charge in [0.05, 0.1) is 6.54 Å². The van der Waals surface area contributed by atoms with Gasteiger partial charge in [-0.3, -0.25) is 9.39 Å². The van der Waals surface area contributed by atoms with E-state index in [0.717, 1.165) is 30.9 Å². The average Bonchev–Trinajstić information content (AvgIpc) is 3.12. The van der Waals surface area contributed by atoms with E-state index in [-0.39, 0.29) is 41.6 Å². The lowest BCUT2D eigenvalue weighted by molar-refractivity contribution is 0.214. The molecule has 1 aromatic carbocycles. The van der Waals surface area contributed by atoms with Gasteiger partial charge in [-0.2, -0.15) is 0 Å². The molecule has 9 heteroatoms. The summed E-state index contributed by atoms with van der Waals surface area (Å²) in [6.07, 6.45) is 3.45. The van der Waals surface area contributed by atoms with Gasteiger partial charge >= 0.3 is 0 Å². The first-order valence-electron chi connectivity index (χ1n) is 9.31. The fraction of sp³-hybridized carbons (Fsp3) is 0.350. The molecule has 2 N–H and O–H groups in total. The molecule has 1 atom stereocenters. The average molecular weight is 512 g/mol. The number of rotatable bonds is 8. The summed E-state index contributed by atoms with van der Waals surface area (Å²) in [4.78, 5) is 4.20. The molecule has 0 saturated carbocycles. The van der Waals surface area contributed by atoms with E-state index < -0.39 is 0 Å². The number of aryl methyl sites for hydroxylation is 1. The molecule has 0 aliphatic carbocycles. The zero-order valence-electron chi connectivity index (χ0n) is 16.5. The lowest BCUT2D eigenvalue weighted by Gasteiger charge is -2.18. The zero-order valence-corrected chi connectivity index (χ0v) is 18.8. The van der Waals surface area contributed by atoms with Crippen LogP contribution in [0.1, 0.15) is 19.2 Å². The molecule has 2 heterocycles. The van der Waals surface area contributed by atoms with Crippen molar-refractivity contribution in [3.63, 3.8) is 0 Å². The van der Waals surface area contributed by atoms with Crippen LogP contribution in [0, 0.1) is 5.82 Å². The third-order valence-corrected chi connectivity index (χ3v) is 4.20. The summed E-state index contributed by atoms with van der Waals surface area (Å²) < 4.78 is 21.3. The number of para-hydroxylation sites is 1. The number of ether oxygens (including phenoxy) is 1. The van der Waals surface area contributed by atoms with E-state index in [1.165, 1.54) is 6.07 Å². The third-order valence-electron chi connectivity index (χ3n) is 4.20. The minimum atomic E-state index is -0.363. The Kier molecular flexibility index (Phi) is 9.10. The van der Waals surface area contributed by atoms with E-state index in [2.05, 4.69) is 25.8 Å². The number of hydrogen-bond acceptors (Lipinski definition) is 4. The molecule has 0 amide bonds. The molecule has 0 fully saturated rings. The van der Waals surface area contributed by atoms with E-state index in [9.17, 15) is 4.39 Å². The molecule has 29 heavy (non-hydrogen) atoms. The Morgan fingerprint density at radius 3 is 2.76 bits per heavy atom. The number of aromatic nitrogens is 3. The van der Waals surface area contributed by atoms with Crippen LogP contribution in [0.4, 0.5) is 4.39 Å². The Morgan fingerprint density at radius 1 is 1.17 bits per heavy atom. The fourth-order valence-electron chi connectivity index (χ4n) is 2.77. The van der Waals surface area contributed by atoms with Crippen LogP contribution in [-0.2, 0) is 6.42 Å². The number of benzene rings is 1. The zero-order chi connectivity index (χ0) is 19.8. The van der Waals surface area contributed by atoms with Crippen LogP contribution in [0.3, 0.4) is 0 Å². The SMILES string of the molecule is CN=C(NCCCc1nnc2ccccn12)NCC(C)Oc1ccccc1F.I. The first-order valence-corrected chi connectivity index (χ1v) is 9.31. The van der Waals surface area contributed by atoms with Crippen molar-refractivity contribution < 1.29 is 9.13 Å². The predicted molar refractivity (Wildman–Crippen MR) is 123 cm³/mol. The van der Waals surface area contributed by atoms with Gasteiger partial charge in [0, 0.05) is 26.2 Å². The predicted octanol–water partition coefficient (Wildman–Crippen LogP) is 3.05. The Labute approximate surface area is 186 Å². The second kappa shape index (κ2) is 11.5. The number of nitrogens with one attached hydrogen (secondary N) is 2. The first kappa shape index (κ1) is 22.9. The fourth-order valence-corrected chi connectivity index (χ4v) is 2.77. The highest BCUT2D eigenvalue weighted by Crippen LogP contribution is 2.16. The molecule has 3 aromatic rings. The van der Waals surface area contributed by atoms with Gasteiger partial charge in [0.25, 0.3) is 0 Å². The van der Waals surface area contributed by atoms with Gasteiger partial charge in [0.15, 0.2) is 23.2 Å². The second-order valence-electron chi connectivity index (χ2n) is 6.39. The summed E-state index contributed by atoms with van der Waals surface area (Å²) in [5.74, 6) is 1.50. The Hall–Kier alpha value is -2.43. The summed E-state index contributed by atoms with van der Waals surface area (Å²) in [5.41, 5.74) is 0.853. The number of pyridine rings is 1. The van der Waals surface area contributed by atoms with Gasteiger partial charge in [-0.1, -0.05) is 18.2 Å². The van der Waals surface area contributed by atoms with Gasteiger partial charge in [0.1, 0.15) is 11.9 Å². The lowest BCUT2D eigenvalue weighted by Crippen LogP contribution is -2.42. The van der Waals surface area contributed by atoms with Crippen LogP contribution in [0.5, 0.6) is 5.75 Å². The quantitative estimate of drug-likeness (QED) is 0.210. The molecular formula is C20H26FIN6O. The van der Waals surface area contributed by atoms with E-state index >= 15 is 0 Å². The lowest BCUT2D eigenvalue weighted by atomic mass is 10.3. The minimum absolute atomic E-state index is 0. The van der Waals surface area contributed by atoms with E-state index in [0.29, 0.717) is 12.5 Å². The van der Waals surface area contributed by atoms with Crippen molar-refractivity contribution in [3.8, 4) is 5.75 Å². The third kappa shape index (κ3) is 6.55. The van der Waals surface area contributed by atoms with Crippen molar-refractivity contribution >= 4 is 35.6 Å². The highest BCUT2D eigenvalue weighted by Gasteiger charge is 2.09. The molecule has 7 nitrogen and oxygen atoms in total. The first-order chi connectivity index (χ1) is 13.7. The molecule has 0 aliphatic heterocycles. The standard InChI is InChI=1S/C20H25FN6O.HI/c1-15(28-17-9-4-3-8-16(17)21)14-24-20(22-2)23-12-7-11-19-26-25-18-10-5-6-13-27(18)19;/h3-6,8-10,13,15H,7,11-12,14H2,1-2H3,(H2,22,23,24);1H. The van der Waals surface area contributed by atoms with Gasteiger partial charge in [-0.25, -0.2) is 4.39 Å². The molecule has 1 unspecified atom stereocenters. The largest absolute Gasteiger partial charge is 0.486 e. The molecule has 0 saturated heterocycles. The molecular weight excluding hydrogens is 486 g/mol. The molecule has 0 spiro atoms. The maximum Gasteiger partial charge on any atom is 0.191 e. The van der Waals surface area contributed by atoms with Gasteiger partial charge < -0.3 is 15.4 Å². The minimum Gasteiger partial charge on any atom is -0.486 e. The normalized spacial score (nSPS) is 12.3. The van der Waals surface area contributed by atoms with Gasteiger partial charge in [-0.15, -0.1) is 34.2 Å². The maximum atomic E-state index is 13.6. The molecule has 0 bridgehead atoms. The van der Waals surface area contributed by atoms with Crippen molar-refractivity contribution in [2.75, 3.05) is 20.1 Å². The molecule has 156 valence electrons. The molecule has 3 rings (SSSR count). The van der Waals surface area contributed by atoms with Crippen LogP contribution in [0.2, 0.25) is 0 Å². The van der Waals surface area contributed by atoms with Crippen molar-refractivity contribution in [1.82, 2.24) is 25.2 Å². The topological polar surface area (TPSA) is 75.8 Å². The number of fused-ring (bicyclic) bond motifs is 1. The number of guanidine groups is 1. The molecule has 0 aliphatic rings. The number of hydrogen-bond donors (Lipinski definition) is 2. The summed E-state index contributed by atoms with van der Waals surface area (Å²) in [6, 6.07) is 12.2. The Balaban J connectivity index is 0.00000300. The van der Waals surface area contributed by atoms with E-state index in [1.807, 2.05) is 35.7 Å². The molecule has 0 radical (unpaired) electrons. The van der Waals surface area contributed by atoms with Crippen molar-refractivity contribution in [2.24, 2.45) is 4.99 Å². The summed E-state index contributed by atoms with van der Waals surface area (Å²) in [5, 5.41) is 14.8.